The predicted octanol–water partition coefficient (Wildman–Crippen LogP) is 40.7. The van der Waals surface area contributed by atoms with E-state index in [1.54, 1.807) is 22.7 Å². The molecule has 0 N–H and O–H groups in total. The van der Waals surface area contributed by atoms with Gasteiger partial charge in [0.25, 0.3) is 0 Å². The number of hydrogen-bond acceptors (Lipinski definition) is 11. The van der Waals surface area contributed by atoms with Crippen LogP contribution in [0.15, 0.2) is 119 Å². The number of ketones is 2. The van der Waals surface area contributed by atoms with Crippen LogP contribution in [-0.4, -0.2) is 11.6 Å². The molecule has 706 valence electrons. The van der Waals surface area contributed by atoms with Crippen LogP contribution in [0.4, 0.5) is 0 Å². The van der Waals surface area contributed by atoms with Crippen molar-refractivity contribution < 1.29 is 9.59 Å². The summed E-state index contributed by atoms with van der Waals surface area (Å²) in [5.41, 5.74) is 9.79. The molecule has 11 heteroatoms. The van der Waals surface area contributed by atoms with Gasteiger partial charge in [0.2, 0.25) is 0 Å². The lowest BCUT2D eigenvalue weighted by Gasteiger charge is -2.16. The van der Waals surface area contributed by atoms with Crippen molar-refractivity contribution in [3.8, 4) is 70.9 Å². The zero-order valence-electron chi connectivity index (χ0n) is 82.2. The molecule has 3 aromatic carbocycles. The third-order valence-electron chi connectivity index (χ3n) is 28.3. The summed E-state index contributed by atoms with van der Waals surface area (Å²) in [6, 6.07) is 41.9. The minimum atomic E-state index is -0.145. The fourth-order valence-electron chi connectivity index (χ4n) is 20.7. The molecule has 9 aromatic rings. The van der Waals surface area contributed by atoms with Crippen LogP contribution in [0.5, 0.6) is 0 Å². The van der Waals surface area contributed by atoms with Crippen LogP contribution in [0.3, 0.4) is 0 Å². The molecule has 0 fully saturated rings. The average Bonchev–Trinajstić information content (AvgIpc) is 1.56. The Morgan fingerprint density at radius 1 is 0.318 bits per heavy atom. The van der Waals surface area contributed by atoms with Gasteiger partial charge in [-0.15, -0.1) is 74.4 Å². The molecule has 0 unspecified atom stereocenters. The topological polar surface area (TPSA) is 106 Å². The molecule has 0 saturated carbocycles. The first-order chi connectivity index (χ1) is 65.0. The molecular weight excluding hydrogens is 1720 g/mol. The van der Waals surface area contributed by atoms with E-state index >= 15 is 0 Å². The maximum absolute atomic E-state index is 14.9. The van der Waals surface area contributed by atoms with Gasteiger partial charge in [0.15, 0.2) is 11.6 Å². The quantitative estimate of drug-likeness (QED) is 0.0163. The van der Waals surface area contributed by atoms with Gasteiger partial charge in [0.1, 0.15) is 29.4 Å². The first kappa shape index (κ1) is 105. The Morgan fingerprint density at radius 2 is 0.598 bits per heavy atom. The number of thiophene rings is 6. The summed E-state index contributed by atoms with van der Waals surface area (Å²) in [6.07, 6.45) is 87.2. The lowest BCUT2D eigenvalue weighted by molar-refractivity contribution is 0.103. The molecule has 2 aliphatic carbocycles. The van der Waals surface area contributed by atoms with Crippen molar-refractivity contribution in [1.29, 1.82) is 15.8 Å². The summed E-state index contributed by atoms with van der Waals surface area (Å²) in [7, 11) is 0. The number of aryl methyl sites for hydroxylation is 2. The maximum Gasteiger partial charge on any atom is 0.194 e. The minimum Gasteiger partial charge on any atom is -0.289 e. The fourth-order valence-corrected chi connectivity index (χ4v) is 28.3. The summed E-state index contributed by atoms with van der Waals surface area (Å²) >= 11 is 11.6. The Kier molecular flexibility index (Phi) is 47.5. The smallest absolute Gasteiger partial charge is 0.194 e. The maximum atomic E-state index is 14.9. The molecule has 0 aliphatic heterocycles. The third kappa shape index (κ3) is 31.4. The minimum absolute atomic E-state index is 0.0376. The summed E-state index contributed by atoms with van der Waals surface area (Å²) in [5.74, 6) is 3.72. The first-order valence-electron chi connectivity index (χ1n) is 53.4. The molecule has 11 rings (SSSR count). The molecule has 0 amide bonds. The van der Waals surface area contributed by atoms with Gasteiger partial charge in [-0.25, -0.2) is 0 Å². The highest BCUT2D eigenvalue weighted by Crippen LogP contribution is 2.57. The Hall–Kier alpha value is -7.29. The number of Topliss-reactive ketones (excluding diaryl/α,β-unsaturated/α-hetero) is 2. The van der Waals surface area contributed by atoms with Crippen molar-refractivity contribution >= 4 is 123 Å². The van der Waals surface area contributed by atoms with Gasteiger partial charge in [0.05, 0.1) is 0 Å². The molecule has 0 saturated heterocycles. The number of carbonyl (C=O) groups excluding carboxylic acids is 2. The Labute approximate surface area is 823 Å². The van der Waals surface area contributed by atoms with E-state index in [0.717, 1.165) is 66.7 Å². The molecule has 0 atom stereocenters. The lowest BCUT2D eigenvalue weighted by atomic mass is 9.91. The molecule has 5 nitrogen and oxygen atoms in total. The number of unbranched alkanes of at least 4 members (excludes halogenated alkanes) is 46. The third-order valence-corrected chi connectivity index (χ3v) is 35.4. The second kappa shape index (κ2) is 59.7. The molecular formula is C121H159N3O2S6. The lowest BCUT2D eigenvalue weighted by Crippen LogP contribution is -2.04. The number of hydrogen-bond donors (Lipinski definition) is 0. The SMILES string of the molecule is C#C/C(C#N)=C1/C(=C/c2cc(CCCCCCCCCCCC)c(-c3cc4c(-c5ccc(CC(CCCCCCCCCC)CCCCCCCCCC)s5)c5sc(-c6sc(/C=C7\C(=O)c8ccccc8C7=C(C#N)C#N)cc6CCCCCCCCCCCC)cc5c(-c5ccc(CC(CCCCCCCCCC)CCCCCCCCCC)s5)c4s3)s2)C(=O)c2ccccc21. The number of fused-ring (bicyclic) bond motifs is 4. The first-order valence-corrected chi connectivity index (χ1v) is 58.3. The number of nitriles is 3. The molecule has 6 heterocycles. The highest BCUT2D eigenvalue weighted by atomic mass is 32.1. The van der Waals surface area contributed by atoms with Crippen LogP contribution in [-0.2, 0) is 25.7 Å². The van der Waals surface area contributed by atoms with E-state index in [4.69, 9.17) is 6.42 Å². The Bertz CT molecular complexity index is 4890. The molecule has 0 spiro atoms. The van der Waals surface area contributed by atoms with E-state index in [-0.39, 0.29) is 22.7 Å². The van der Waals surface area contributed by atoms with E-state index in [1.807, 2.05) is 77.3 Å². The van der Waals surface area contributed by atoms with Crippen LogP contribution in [0.25, 0.3) is 83.9 Å². The van der Waals surface area contributed by atoms with E-state index in [2.05, 4.69) is 143 Å². The van der Waals surface area contributed by atoms with Crippen LogP contribution in [0.2, 0.25) is 0 Å². The standard InChI is InChI=1S/C121H159N3O2S6/c1-8-15-21-27-33-39-41-47-53-59-69-93-81-98(83-104-112(92(14-7)87-122)100-71-61-63-73-102(100)116(104)125)129-118(93)110-85-106-114(108-77-75-96(127-108)79-90(65-55-49-43-35-29-23-17-10-3)66-56-50-44-36-30-24-18-11-4)121-107(115(120(106)131-110)109-78-76-97(128-109)80-91(67-57-51-45-37-31-25-19-12-5)68-58-52-46-38-32-26-20-13-6)86-111(132-121)119-94(70-60-54-48-42-40-34-28-22-16-9-2)82-99(130-119)84-105-113(95(88-123)89-124)101-72-62-64-74-103(101)117(105)126/h7,61-64,71-78,81-86,90-91H,8-13,15-60,65-70,79-80H2,1-6H3/b104-83-,105-84-,112-92-. The van der Waals surface area contributed by atoms with E-state index in [9.17, 15) is 25.4 Å². The second-order valence-electron chi connectivity index (χ2n) is 38.9. The second-order valence-corrected chi connectivity index (χ2v) is 45.5. The van der Waals surface area contributed by atoms with E-state index in [0.29, 0.717) is 50.8 Å². The number of nitrogens with zero attached hydrogens (tertiary/aromatic N) is 3. The Balaban J connectivity index is 1.10. The number of carbonyl (C=O) groups is 2. The molecule has 0 bridgehead atoms. The van der Waals surface area contributed by atoms with Gasteiger partial charge in [-0.1, -0.05) is 443 Å². The van der Waals surface area contributed by atoms with E-state index in [1.165, 1.54) is 415 Å². The van der Waals surface area contributed by atoms with Crippen molar-refractivity contribution in [2.24, 2.45) is 11.8 Å². The van der Waals surface area contributed by atoms with Gasteiger partial charge in [-0.3, -0.25) is 9.59 Å². The van der Waals surface area contributed by atoms with Crippen molar-refractivity contribution in [2.75, 3.05) is 0 Å². The summed E-state index contributed by atoms with van der Waals surface area (Å²) in [5, 5.41) is 34.5. The van der Waals surface area contributed by atoms with Crippen LogP contribution >= 0.6 is 68.0 Å². The number of allylic oxidation sites excluding steroid dienone is 6. The summed E-state index contributed by atoms with van der Waals surface area (Å²) < 4.78 is 2.64. The van der Waals surface area contributed by atoms with Crippen LogP contribution < -0.4 is 0 Å². The predicted molar refractivity (Wildman–Crippen MR) is 582 cm³/mol. The monoisotopic (exact) mass is 1880 g/mol. The number of benzene rings is 3. The summed E-state index contributed by atoms with van der Waals surface area (Å²) in [4.78, 5) is 42.4. The fraction of sp³-hybridized carbons (Fsp3) is 0.562. The highest BCUT2D eigenvalue weighted by molar-refractivity contribution is 7.29. The largest absolute Gasteiger partial charge is 0.289 e. The molecule has 132 heavy (non-hydrogen) atoms. The van der Waals surface area contributed by atoms with Crippen molar-refractivity contribution in [2.45, 2.75) is 427 Å². The van der Waals surface area contributed by atoms with Crippen molar-refractivity contribution in [3.63, 3.8) is 0 Å². The highest BCUT2D eigenvalue weighted by Gasteiger charge is 2.35. The van der Waals surface area contributed by atoms with Gasteiger partial charge < -0.3 is 0 Å². The van der Waals surface area contributed by atoms with E-state index < -0.39 is 0 Å². The molecule has 0 radical (unpaired) electrons. The van der Waals surface area contributed by atoms with Gasteiger partial charge in [-0.2, -0.15) is 15.8 Å². The molecule has 2 aliphatic rings. The normalized spacial score (nSPS) is 13.6. The zero-order chi connectivity index (χ0) is 92.7. The van der Waals surface area contributed by atoms with Crippen molar-refractivity contribution in [3.05, 3.63) is 172 Å². The van der Waals surface area contributed by atoms with Crippen LogP contribution in [0.1, 0.15) is 464 Å². The zero-order valence-corrected chi connectivity index (χ0v) is 87.1. The van der Waals surface area contributed by atoms with Crippen LogP contribution in [0, 0.1) is 58.2 Å². The average molecular weight is 1880 g/mol. The van der Waals surface area contributed by atoms with Gasteiger partial charge >= 0.3 is 0 Å². The number of rotatable bonds is 68. The van der Waals surface area contributed by atoms with Gasteiger partial charge in [0, 0.05) is 113 Å². The van der Waals surface area contributed by atoms with Gasteiger partial charge in [-0.05, 0) is 133 Å². The van der Waals surface area contributed by atoms with Crippen molar-refractivity contribution in [1.82, 2.24) is 0 Å². The number of terminal acetylenes is 1. The summed E-state index contributed by atoms with van der Waals surface area (Å²) in [6.45, 7) is 13.9. The Morgan fingerprint density at radius 3 is 0.894 bits per heavy atom. The molecule has 6 aromatic heterocycles.